The van der Waals surface area contributed by atoms with E-state index in [0.717, 1.165) is 37.6 Å². The molecule has 0 aliphatic carbocycles. The third-order valence-electron chi connectivity index (χ3n) is 25.9. The molecule has 0 saturated carbocycles. The average Bonchev–Trinajstić information content (AvgIpc) is 1.71. The molecule has 41 heteroatoms. The van der Waals surface area contributed by atoms with Crippen LogP contribution in [0.5, 0.6) is 17.2 Å². The number of amides is 2. The Balaban J connectivity index is 0.000000149. The molecule has 732 valence electrons. The third kappa shape index (κ3) is 21.3. The minimum atomic E-state index is -0.906. The number of carbonyl (C=O) groups excluding carboxylic acids is 4. The summed E-state index contributed by atoms with van der Waals surface area (Å²) in [6.07, 6.45) is 4.75. The zero-order chi connectivity index (χ0) is 98.4. The van der Waals surface area contributed by atoms with Crippen LogP contribution in [0.2, 0.25) is 30.1 Å². The fourth-order valence-electron chi connectivity index (χ4n) is 19.0. The number of hydrogen-bond donors (Lipinski definition) is 0. The largest absolute Gasteiger partial charge is 0.489 e. The molecular weight excluding hydrogens is 1920 g/mol. The fraction of sp³-hybridized carbons (Fsp3) is 0.458. The zero-order valence-corrected chi connectivity index (χ0v) is 81.4. The van der Waals surface area contributed by atoms with E-state index in [1.807, 2.05) is 58.3 Å². The molecule has 18 rings (SSSR count). The summed E-state index contributed by atoms with van der Waals surface area (Å²) in [5.74, 6) is -4.54. The number of rotatable bonds is 12. The summed E-state index contributed by atoms with van der Waals surface area (Å²) in [6, 6.07) is 9.40. The average molecular weight is 2020 g/mol. The Morgan fingerprint density at radius 1 is 0.401 bits per heavy atom. The first-order valence-electron chi connectivity index (χ1n) is 45.1. The number of piperidine rings is 1. The van der Waals surface area contributed by atoms with Gasteiger partial charge in [0.2, 0.25) is 5.91 Å². The van der Waals surface area contributed by atoms with Crippen molar-refractivity contribution < 1.29 is 83.4 Å². The standard InChI is InChI=1S/C32H37Cl2F2N5O5.C30H31Cl2F2N5O4.C28H30Cl2F2N4O3.C6H6O3/c1-17-14-40(31(43)46-32(3,4)5)18(2)13-39(17)29-21-11-23(34)26(20-10-22(33)25(36)12-24(20)35)28-27(21)41(30(42)37-29)15-19(16-45-28)38-6-8-44-9-7-38;1-4-25(40)37-12-17(3)38(13-16(37)2)29-20-10-22(32)26(19-9-21(31)24(34)11-23(19)33)28-27(20)39(30(41)35-29)14-18(15-43-28)36-5-7-42-8-6-36;1-15-3-4-16(2)35(12-15)27-19-10-21(30)24(18-9-20(29)23(32)11-22(18)31)26-25(19)36(28(37)33-27)13-17(14-39-26)34-5-7-38-8-6-34;1-3-5(7)9-6(8)4-2/h10-12,17-19H,6-9,13-16H2,1-5H3;4,9-11,16-18H,1,5-8,12-15H2,2-3H3;9-11,15-17H,3-8,12-14H2,1-2H3;3-4H,1-2H2/t17-,18+,19+;16-,17+,18-;15-,16-,17+;/m010./s1. The molecule has 9 atom stereocenters. The number of hydrogen-bond acceptors (Lipinski definition) is 24. The van der Waals surface area contributed by atoms with E-state index in [2.05, 4.69) is 72.9 Å². The Kier molecular flexibility index (Phi) is 31.3. The van der Waals surface area contributed by atoms with Crippen molar-refractivity contribution in [1.29, 1.82) is 0 Å². The smallest absolute Gasteiger partial charge is 0.410 e. The Morgan fingerprint density at radius 2 is 0.723 bits per heavy atom. The second-order valence-electron chi connectivity index (χ2n) is 36.3. The number of benzene rings is 6. The van der Waals surface area contributed by atoms with Crippen LogP contribution in [-0.4, -0.2) is 262 Å². The van der Waals surface area contributed by atoms with E-state index in [-0.39, 0.29) is 168 Å². The van der Waals surface area contributed by atoms with E-state index in [1.165, 1.54) is 24.3 Å². The van der Waals surface area contributed by atoms with E-state index in [4.69, 9.17) is 103 Å². The minimum absolute atomic E-state index is 0.00504. The first-order valence-corrected chi connectivity index (χ1v) is 47.3. The Labute approximate surface area is 815 Å². The zero-order valence-electron chi connectivity index (χ0n) is 76.8. The van der Waals surface area contributed by atoms with Crippen LogP contribution >= 0.6 is 69.6 Å². The highest BCUT2D eigenvalue weighted by Crippen LogP contribution is 2.52. The van der Waals surface area contributed by atoms with Crippen LogP contribution in [0.1, 0.15) is 75.2 Å². The molecular formula is C96H104Cl6F6N14O15. The van der Waals surface area contributed by atoms with Crippen LogP contribution in [-0.2, 0) is 57.7 Å². The molecule has 29 nitrogen and oxygen atoms in total. The number of halogens is 12. The van der Waals surface area contributed by atoms with E-state index in [1.54, 1.807) is 41.7 Å². The van der Waals surface area contributed by atoms with Gasteiger partial charge in [-0.1, -0.05) is 96.3 Å². The summed E-state index contributed by atoms with van der Waals surface area (Å²) in [5.41, 5.74) is -0.264. The second kappa shape index (κ2) is 42.4. The van der Waals surface area contributed by atoms with Gasteiger partial charge < -0.3 is 62.4 Å². The van der Waals surface area contributed by atoms with Crippen molar-refractivity contribution in [2.45, 2.75) is 149 Å². The molecule has 6 fully saturated rings. The van der Waals surface area contributed by atoms with Gasteiger partial charge in [0.05, 0.1) is 104 Å². The lowest BCUT2D eigenvalue weighted by atomic mass is 9.94. The molecule has 6 saturated heterocycles. The predicted octanol–water partition coefficient (Wildman–Crippen LogP) is 15.7. The Hall–Kier alpha value is -10.3. The summed E-state index contributed by atoms with van der Waals surface area (Å²) in [4.78, 5) is 117. The van der Waals surface area contributed by atoms with Crippen LogP contribution < -0.4 is 46.0 Å². The van der Waals surface area contributed by atoms with Gasteiger partial charge in [-0.15, -0.1) is 0 Å². The lowest BCUT2D eigenvalue weighted by Gasteiger charge is -2.45. The molecule has 3 aromatic heterocycles. The van der Waals surface area contributed by atoms with Crippen molar-refractivity contribution in [3.8, 4) is 50.6 Å². The van der Waals surface area contributed by atoms with Crippen LogP contribution in [0.15, 0.2) is 107 Å². The number of anilines is 3. The fourth-order valence-corrected chi connectivity index (χ4v) is 20.4. The molecule has 9 aliphatic rings. The highest BCUT2D eigenvalue weighted by atomic mass is 35.5. The van der Waals surface area contributed by atoms with Gasteiger partial charge in [0.1, 0.15) is 77.8 Å². The third-order valence-corrected chi connectivity index (χ3v) is 27.7. The molecule has 2 amide bonds. The summed E-state index contributed by atoms with van der Waals surface area (Å²) in [5, 5.41) is 1.40. The van der Waals surface area contributed by atoms with Crippen molar-refractivity contribution in [1.82, 2.24) is 53.2 Å². The lowest BCUT2D eigenvalue weighted by Crippen LogP contribution is -2.59. The van der Waals surface area contributed by atoms with Crippen molar-refractivity contribution >= 4 is 144 Å². The van der Waals surface area contributed by atoms with Crippen molar-refractivity contribution in [2.75, 3.05) is 146 Å². The van der Waals surface area contributed by atoms with Gasteiger partial charge in [0, 0.05) is 202 Å². The van der Waals surface area contributed by atoms with E-state index >= 15 is 13.2 Å². The number of nitrogens with zero attached hydrogens (tertiary/aromatic N) is 14. The molecule has 0 bridgehead atoms. The van der Waals surface area contributed by atoms with Gasteiger partial charge in [0.15, 0.2) is 17.2 Å². The summed E-state index contributed by atoms with van der Waals surface area (Å²) < 4.78 is 139. The predicted molar refractivity (Wildman–Crippen MR) is 513 cm³/mol. The van der Waals surface area contributed by atoms with Gasteiger partial charge in [-0.05, 0) is 117 Å². The quantitative estimate of drug-likeness (QED) is 0.0361. The van der Waals surface area contributed by atoms with Crippen LogP contribution in [0.25, 0.3) is 66.1 Å². The number of esters is 2. The summed E-state index contributed by atoms with van der Waals surface area (Å²) in [7, 11) is 0. The van der Waals surface area contributed by atoms with Crippen LogP contribution in [0.3, 0.4) is 0 Å². The monoisotopic (exact) mass is 2020 g/mol. The highest BCUT2D eigenvalue weighted by Gasteiger charge is 2.43. The van der Waals surface area contributed by atoms with Crippen molar-refractivity contribution in [3.05, 3.63) is 189 Å². The topological polar surface area (TPSA) is 273 Å². The number of piperazine rings is 2. The highest BCUT2D eigenvalue weighted by molar-refractivity contribution is 6.37. The van der Waals surface area contributed by atoms with Gasteiger partial charge >= 0.3 is 35.1 Å². The Bertz CT molecular complexity index is 6420. The number of morpholine rings is 3. The summed E-state index contributed by atoms with van der Waals surface area (Å²) in [6.45, 7) is 38.4. The second-order valence-corrected chi connectivity index (χ2v) is 38.7. The van der Waals surface area contributed by atoms with E-state index < -0.39 is 75.6 Å². The van der Waals surface area contributed by atoms with E-state index in [9.17, 15) is 46.7 Å². The number of ether oxygens (including phenoxy) is 8. The molecule has 12 heterocycles. The minimum Gasteiger partial charge on any atom is -0.489 e. The maximum absolute atomic E-state index is 15.4. The van der Waals surface area contributed by atoms with Crippen molar-refractivity contribution in [3.63, 3.8) is 0 Å². The van der Waals surface area contributed by atoms with Gasteiger partial charge in [-0.25, -0.2) is 55.1 Å². The lowest BCUT2D eigenvalue weighted by molar-refractivity contribution is -0.152. The first-order chi connectivity index (χ1) is 65.2. The van der Waals surface area contributed by atoms with Crippen molar-refractivity contribution in [2.24, 2.45) is 5.92 Å². The molecule has 0 N–H and O–H groups in total. The molecule has 0 unspecified atom stereocenters. The van der Waals surface area contributed by atoms with Crippen LogP contribution in [0.4, 0.5) is 48.6 Å². The molecule has 0 spiro atoms. The summed E-state index contributed by atoms with van der Waals surface area (Å²) >= 11 is 38.9. The SMILES string of the molecule is C=CC(=O)N1C[C@H](C)N(c2nc(=O)n3c4c(c(-c5cc(Cl)c(F)cc5F)c(Cl)cc24)OC[C@H](N2CCOCC2)C3)C[C@H]1C.C=CC(=O)OC(=O)C=C.C[C@@H]1CN(c2nc(=O)n3c4c(c(-c5cc(Cl)c(F)cc5F)c(Cl)cc24)OC[C@H](N2CCOCC2)C3)[C@@H](C)CN1C(=O)OC(C)(C)C.C[C@H]1CC[C@H](C)N(c2nc(=O)n3c4c(c(-c5cc(Cl)c(F)cc5F)c(Cl)cc24)OC[C@H](N2CCOCC2)C3)C1. The maximum Gasteiger partial charge on any atom is 0.410 e. The van der Waals surface area contributed by atoms with Gasteiger partial charge in [-0.3, -0.25) is 33.2 Å². The van der Waals surface area contributed by atoms with Gasteiger partial charge in [-0.2, -0.15) is 15.0 Å². The molecule has 6 aromatic carbocycles. The first kappa shape index (κ1) is 101. The molecule has 9 aliphatic heterocycles. The molecule has 9 aromatic rings. The molecule has 137 heavy (non-hydrogen) atoms. The van der Waals surface area contributed by atoms with E-state index in [0.29, 0.717) is 180 Å². The number of aromatic nitrogens is 6. The Morgan fingerprint density at radius 3 is 1.04 bits per heavy atom. The number of carbonyl (C=O) groups is 4. The normalized spacial score (nSPS) is 22.1. The molecule has 0 radical (unpaired) electrons. The maximum atomic E-state index is 15.4. The van der Waals surface area contributed by atoms with Gasteiger partial charge in [0.25, 0.3) is 0 Å². The van der Waals surface area contributed by atoms with Crippen LogP contribution in [0, 0.1) is 40.8 Å².